The van der Waals surface area contributed by atoms with E-state index in [9.17, 15) is 45.5 Å². The normalized spacial score (nSPS) is 17.0. The zero-order valence-corrected chi connectivity index (χ0v) is 79.3. The van der Waals surface area contributed by atoms with Crippen LogP contribution < -0.4 is 21.3 Å². The summed E-state index contributed by atoms with van der Waals surface area (Å²) in [6.45, 7) is 31.1. The molecule has 0 radical (unpaired) electrons. The van der Waals surface area contributed by atoms with Crippen LogP contribution in [0.2, 0.25) is 15.1 Å². The van der Waals surface area contributed by atoms with Crippen LogP contribution in [0.3, 0.4) is 0 Å². The molecule has 16 nitrogen and oxygen atoms in total. The summed E-state index contributed by atoms with van der Waals surface area (Å²) >= 11 is 18.5. The van der Waals surface area contributed by atoms with E-state index in [2.05, 4.69) is 144 Å². The Morgan fingerprint density at radius 2 is 0.705 bits per heavy atom. The van der Waals surface area contributed by atoms with Gasteiger partial charge in [0.25, 0.3) is 0 Å². The molecule has 129 heavy (non-hydrogen) atoms. The molecule has 4 N–H and O–H groups in total. The van der Waals surface area contributed by atoms with Crippen molar-refractivity contribution in [1.82, 2.24) is 39.2 Å². The van der Waals surface area contributed by atoms with E-state index in [4.69, 9.17) is 34.8 Å². The number of hydrogen-bond donors (Lipinski definition) is 4. The first-order chi connectivity index (χ1) is 61.8. The second-order valence-electron chi connectivity index (χ2n) is 36.6. The number of piperidine rings is 4. The second kappa shape index (κ2) is 50.7. The van der Waals surface area contributed by atoms with E-state index in [-0.39, 0.29) is 64.1 Å². The van der Waals surface area contributed by atoms with Crippen molar-refractivity contribution in [1.29, 1.82) is 0 Å². The Morgan fingerprint density at radius 1 is 0.364 bits per heavy atom. The summed E-state index contributed by atoms with van der Waals surface area (Å²) in [5, 5.41) is 12.4. The van der Waals surface area contributed by atoms with Gasteiger partial charge in [-0.05, 0) is 204 Å². The van der Waals surface area contributed by atoms with Crippen molar-refractivity contribution in [2.45, 2.75) is 271 Å². The summed E-state index contributed by atoms with van der Waals surface area (Å²) in [7, 11) is 0. The van der Waals surface area contributed by atoms with Crippen LogP contribution in [-0.2, 0) is 43.9 Å². The Bertz CT molecular complexity index is 4680. The molecular formula is C104H137Cl3F6N12O4. The van der Waals surface area contributed by atoms with Gasteiger partial charge in [-0.1, -0.05) is 260 Å². The van der Waals surface area contributed by atoms with Gasteiger partial charge in [0.15, 0.2) is 0 Å². The van der Waals surface area contributed by atoms with Crippen molar-refractivity contribution >= 4 is 81.7 Å². The van der Waals surface area contributed by atoms with Crippen molar-refractivity contribution in [3.8, 4) is 0 Å². The van der Waals surface area contributed by atoms with Crippen LogP contribution in [-0.4, -0.2) is 165 Å². The summed E-state index contributed by atoms with van der Waals surface area (Å²) in [6.07, 6.45) is 12.2. The number of nitrogens with one attached hydrogen (secondary N) is 4. The lowest BCUT2D eigenvalue weighted by molar-refractivity contribution is -0.138. The number of carbonyl (C=O) groups excluding carboxylic acids is 4. The first kappa shape index (κ1) is 102. The minimum atomic E-state index is -4.52. The average molecular weight is 1840 g/mol. The van der Waals surface area contributed by atoms with Gasteiger partial charge < -0.3 is 60.5 Å². The predicted octanol–water partition coefficient (Wildman–Crippen LogP) is 27.2. The number of rotatable bonds is 27. The minimum absolute atomic E-state index is 0.00239. The SMILES string of the molecule is CCCC(C)N1CCC(N(Cc2ccccc2)C(=O)Nc2cc(C(F)(F)F)ccc2Cl)CC1.CCCC(C)N1CCC(N(Cc2ccccc2)C(=O)Nc2ccc(C(C)(C)C)cc2)CC1.CCCC(C)N1CCC(N(Cc2ccccc2)C(=O)Nc2cccc(Cl)c2Cl)CC1.O=C(Nc1cccc(C(F)(F)F)c1)N(Cc1ccccc1)C1CCN(CC2CCCCC2)CC1. The molecule has 1 saturated carbocycles. The van der Waals surface area contributed by atoms with Crippen molar-refractivity contribution in [2.24, 2.45) is 5.92 Å². The van der Waals surface area contributed by atoms with Gasteiger partial charge in [-0.15, -0.1) is 0 Å². The van der Waals surface area contributed by atoms with E-state index in [0.29, 0.717) is 60.0 Å². The average Bonchev–Trinajstić information content (AvgIpc) is 0.821. The van der Waals surface area contributed by atoms with E-state index >= 15 is 0 Å². The summed E-state index contributed by atoms with van der Waals surface area (Å²) in [6, 6.07) is 62.4. The number of amides is 8. The molecule has 0 bridgehead atoms. The van der Waals surface area contributed by atoms with Gasteiger partial charge in [0, 0.05) is 139 Å². The van der Waals surface area contributed by atoms with Crippen LogP contribution in [0.1, 0.15) is 223 Å². The number of hydrogen-bond acceptors (Lipinski definition) is 8. The molecule has 0 aromatic heterocycles. The molecule has 4 saturated heterocycles. The molecule has 8 aromatic carbocycles. The zero-order chi connectivity index (χ0) is 92.6. The molecule has 5 fully saturated rings. The number of alkyl halides is 6. The molecular weight excluding hydrogens is 1700 g/mol. The lowest BCUT2D eigenvalue weighted by Gasteiger charge is -2.40. The fourth-order valence-electron chi connectivity index (χ4n) is 18.4. The van der Waals surface area contributed by atoms with Crippen molar-refractivity contribution in [3.05, 3.63) is 260 Å². The Hall–Kier alpha value is -8.87. The Balaban J connectivity index is 0.000000179. The molecule has 0 spiro atoms. The predicted molar refractivity (Wildman–Crippen MR) is 516 cm³/mol. The summed E-state index contributed by atoms with van der Waals surface area (Å²) < 4.78 is 78.8. The number of halogens is 9. The first-order valence-electron chi connectivity index (χ1n) is 46.8. The van der Waals surface area contributed by atoms with Gasteiger partial charge in [0.05, 0.1) is 37.6 Å². The fraction of sp³-hybridized carbons (Fsp3) is 0.500. The van der Waals surface area contributed by atoms with Crippen LogP contribution in [0.15, 0.2) is 206 Å². The van der Waals surface area contributed by atoms with E-state index in [1.807, 2.05) is 114 Å². The number of carbonyl (C=O) groups is 4. The summed E-state index contributed by atoms with van der Waals surface area (Å²) in [4.78, 5) is 71.0. The Kier molecular flexibility index (Phi) is 40.2. The minimum Gasteiger partial charge on any atom is -0.317 e. The van der Waals surface area contributed by atoms with Crippen molar-refractivity contribution in [2.75, 3.05) is 80.2 Å². The lowest BCUT2D eigenvalue weighted by Crippen LogP contribution is -2.50. The molecule has 13 rings (SSSR count). The molecule has 5 aliphatic rings. The zero-order valence-electron chi connectivity index (χ0n) is 77.0. The van der Waals surface area contributed by atoms with Crippen LogP contribution in [0, 0.1) is 5.92 Å². The number of likely N-dealkylation sites (tertiary alicyclic amines) is 4. The Labute approximate surface area is 778 Å². The van der Waals surface area contributed by atoms with Crippen molar-refractivity contribution in [3.63, 3.8) is 0 Å². The first-order valence-corrected chi connectivity index (χ1v) is 48.0. The molecule has 25 heteroatoms. The van der Waals surface area contributed by atoms with Gasteiger partial charge in [-0.2, -0.15) is 26.3 Å². The molecule has 3 unspecified atom stereocenters. The number of nitrogens with zero attached hydrogens (tertiary/aromatic N) is 8. The second-order valence-corrected chi connectivity index (χ2v) is 37.8. The van der Waals surface area contributed by atoms with E-state index in [1.54, 1.807) is 28.0 Å². The third-order valence-electron chi connectivity index (χ3n) is 26.0. The van der Waals surface area contributed by atoms with E-state index in [0.717, 1.165) is 182 Å². The number of urea groups is 4. The lowest BCUT2D eigenvalue weighted by atomic mass is 9.87. The van der Waals surface area contributed by atoms with Crippen LogP contribution in [0.25, 0.3) is 0 Å². The highest BCUT2D eigenvalue weighted by molar-refractivity contribution is 6.44. The largest absolute Gasteiger partial charge is 0.416 e. The monoisotopic (exact) mass is 1840 g/mol. The van der Waals surface area contributed by atoms with Crippen molar-refractivity contribution < 1.29 is 45.5 Å². The van der Waals surface area contributed by atoms with Crippen LogP contribution in [0.4, 0.5) is 68.3 Å². The summed E-state index contributed by atoms with van der Waals surface area (Å²) in [5.74, 6) is 0.787. The highest BCUT2D eigenvalue weighted by atomic mass is 35.5. The fourth-order valence-corrected chi connectivity index (χ4v) is 19.0. The topological polar surface area (TPSA) is 142 Å². The maximum Gasteiger partial charge on any atom is 0.416 e. The maximum absolute atomic E-state index is 13.4. The molecule has 8 amide bonds. The molecule has 4 heterocycles. The van der Waals surface area contributed by atoms with Gasteiger partial charge >= 0.3 is 36.5 Å². The highest BCUT2D eigenvalue weighted by Gasteiger charge is 2.38. The molecule has 1 aliphatic carbocycles. The number of benzene rings is 8. The summed E-state index contributed by atoms with van der Waals surface area (Å²) in [5.41, 5.74) is 5.53. The standard InChI is InChI=1S/C28H41N3O.C27H34F3N3O.C25H31ClF3N3O.C24H31Cl2N3O/c1-6-10-22(2)30-19-17-26(18-20-30)31(21-23-11-8-7-9-12-23)27(32)29-25-15-13-24(14-16-25)28(3,4)5;28-27(29,30)23-12-7-13-24(18-23)31-26(34)33(20-22-10-5-2-6-11-22)25-14-16-32(17-15-25)19-21-8-3-1-4-9-21;1-3-7-18(2)31-14-12-21(13-15-31)32(17-19-8-5-4-6-9-19)24(33)30-23-16-20(25(27,28)29)10-11-22(23)26;1-3-8-18(2)28-15-13-20(14-16-28)29(17-19-9-5-4-6-10-19)24(30)27-22-12-7-11-21(25)23(22)26/h7-9,11-16,22,26H,6,10,17-21H2,1-5H3,(H,29,32);2,5-7,10-13,18,21,25H,1,3-4,8-9,14-17,19-20H2,(H,31,34);4-6,8-11,16,18,21H,3,7,12-15,17H2,1-2H3,(H,30,33);4-7,9-12,18,20H,3,8,13-17H2,1-2H3,(H,27,30). The van der Waals surface area contributed by atoms with Gasteiger partial charge in [-0.3, -0.25) is 0 Å². The molecule has 4 aliphatic heterocycles. The highest BCUT2D eigenvalue weighted by Crippen LogP contribution is 2.38. The smallest absolute Gasteiger partial charge is 0.317 e. The quantitative estimate of drug-likeness (QED) is 0.0373. The molecule has 3 atom stereocenters. The van der Waals surface area contributed by atoms with Crippen LogP contribution >= 0.6 is 34.8 Å². The maximum atomic E-state index is 13.4. The molecule has 8 aromatic rings. The Morgan fingerprint density at radius 3 is 1.08 bits per heavy atom. The van der Waals surface area contributed by atoms with Gasteiger partial charge in [0.2, 0.25) is 0 Å². The van der Waals surface area contributed by atoms with Gasteiger partial charge in [-0.25, -0.2) is 19.2 Å². The third kappa shape index (κ3) is 32.2. The van der Waals surface area contributed by atoms with Gasteiger partial charge in [0.1, 0.15) is 0 Å². The van der Waals surface area contributed by atoms with E-state index in [1.165, 1.54) is 81.0 Å². The van der Waals surface area contributed by atoms with E-state index < -0.39 is 29.5 Å². The number of anilines is 4. The third-order valence-corrected chi connectivity index (χ3v) is 27.2. The van der Waals surface area contributed by atoms with Crippen LogP contribution in [0.5, 0.6) is 0 Å². The molecule has 700 valence electrons.